The summed E-state index contributed by atoms with van der Waals surface area (Å²) in [5.41, 5.74) is 0.164. The Morgan fingerprint density at radius 2 is 1.82 bits per heavy atom. The minimum absolute atomic E-state index is 0.182. The minimum Gasteiger partial charge on any atom is -0.481 e. The summed E-state index contributed by atoms with van der Waals surface area (Å²) in [7, 11) is 0. The SMILES string of the molecule is CC(C)(C)OC(=O)NCC(O)C(Cc1ccccc1)C(=O)O. The van der Waals surface area contributed by atoms with Crippen LogP contribution in [0.2, 0.25) is 0 Å². The van der Waals surface area contributed by atoms with Crippen LogP contribution in [0.4, 0.5) is 4.79 Å². The molecule has 122 valence electrons. The number of aliphatic hydroxyl groups is 1. The summed E-state index contributed by atoms with van der Waals surface area (Å²) in [6.07, 6.45) is -1.70. The van der Waals surface area contributed by atoms with E-state index in [2.05, 4.69) is 5.32 Å². The molecule has 1 aromatic carbocycles. The van der Waals surface area contributed by atoms with Crippen LogP contribution in [0.1, 0.15) is 26.3 Å². The molecule has 0 aliphatic rings. The standard InChI is InChI=1S/C16H23NO5/c1-16(2,3)22-15(21)17-10-13(18)12(14(19)20)9-11-7-5-4-6-8-11/h4-8,12-13,18H,9-10H2,1-3H3,(H,17,21)(H,19,20). The van der Waals surface area contributed by atoms with E-state index in [1.165, 1.54) is 0 Å². The maximum absolute atomic E-state index is 11.5. The molecule has 6 nitrogen and oxygen atoms in total. The van der Waals surface area contributed by atoms with Gasteiger partial charge in [-0.3, -0.25) is 4.79 Å². The van der Waals surface area contributed by atoms with Gasteiger partial charge in [0.1, 0.15) is 5.60 Å². The minimum atomic E-state index is -1.20. The highest BCUT2D eigenvalue weighted by molar-refractivity contribution is 5.71. The number of carboxylic acids is 1. The predicted octanol–water partition coefficient (Wildman–Crippen LogP) is 1.82. The van der Waals surface area contributed by atoms with Crippen molar-refractivity contribution in [2.24, 2.45) is 5.92 Å². The average Bonchev–Trinajstić information content (AvgIpc) is 2.41. The number of alkyl carbamates (subject to hydrolysis) is 1. The fourth-order valence-electron chi connectivity index (χ4n) is 1.90. The highest BCUT2D eigenvalue weighted by Crippen LogP contribution is 2.13. The second kappa shape index (κ2) is 7.79. The van der Waals surface area contributed by atoms with E-state index >= 15 is 0 Å². The number of hydrogen-bond donors (Lipinski definition) is 3. The van der Waals surface area contributed by atoms with Gasteiger partial charge in [-0.1, -0.05) is 30.3 Å². The normalized spacial score (nSPS) is 14.0. The van der Waals surface area contributed by atoms with Crippen LogP contribution in [0.5, 0.6) is 0 Å². The van der Waals surface area contributed by atoms with E-state index in [1.807, 2.05) is 6.07 Å². The molecule has 0 aromatic heterocycles. The number of ether oxygens (including phenoxy) is 1. The molecule has 0 saturated carbocycles. The van der Waals surface area contributed by atoms with E-state index in [-0.39, 0.29) is 13.0 Å². The van der Waals surface area contributed by atoms with Crippen molar-refractivity contribution < 1.29 is 24.5 Å². The smallest absolute Gasteiger partial charge is 0.407 e. The lowest BCUT2D eigenvalue weighted by molar-refractivity contribution is -0.145. The monoisotopic (exact) mass is 309 g/mol. The maximum atomic E-state index is 11.5. The lowest BCUT2D eigenvalue weighted by Gasteiger charge is -2.22. The molecule has 0 spiro atoms. The molecule has 0 fully saturated rings. The van der Waals surface area contributed by atoms with E-state index < -0.39 is 29.7 Å². The predicted molar refractivity (Wildman–Crippen MR) is 81.5 cm³/mol. The zero-order valence-electron chi connectivity index (χ0n) is 13.1. The van der Waals surface area contributed by atoms with Crippen molar-refractivity contribution in [2.45, 2.75) is 38.9 Å². The number of nitrogens with one attached hydrogen (secondary N) is 1. The van der Waals surface area contributed by atoms with Gasteiger partial charge in [0, 0.05) is 6.54 Å². The molecule has 0 radical (unpaired) electrons. The summed E-state index contributed by atoms with van der Waals surface area (Å²) in [6.45, 7) is 4.98. The van der Waals surface area contributed by atoms with Crippen LogP contribution in [0.3, 0.4) is 0 Å². The largest absolute Gasteiger partial charge is 0.481 e. The van der Waals surface area contributed by atoms with Crippen molar-refractivity contribution in [1.82, 2.24) is 5.32 Å². The molecule has 0 heterocycles. The Kier molecular flexibility index (Phi) is 6.37. The Morgan fingerprint density at radius 1 is 1.23 bits per heavy atom. The summed E-state index contributed by atoms with van der Waals surface area (Å²) >= 11 is 0. The highest BCUT2D eigenvalue weighted by atomic mass is 16.6. The van der Waals surface area contributed by atoms with Crippen molar-refractivity contribution in [3.05, 3.63) is 35.9 Å². The number of carbonyl (C=O) groups excluding carboxylic acids is 1. The molecule has 0 aliphatic carbocycles. The lowest BCUT2D eigenvalue weighted by Crippen LogP contribution is -2.42. The second-order valence-electron chi connectivity index (χ2n) is 6.08. The second-order valence-corrected chi connectivity index (χ2v) is 6.08. The maximum Gasteiger partial charge on any atom is 0.407 e. The molecule has 0 saturated heterocycles. The highest BCUT2D eigenvalue weighted by Gasteiger charge is 2.27. The third-order valence-corrected chi connectivity index (χ3v) is 2.93. The summed E-state index contributed by atoms with van der Waals surface area (Å²) in [5.74, 6) is -2.11. The van der Waals surface area contributed by atoms with E-state index in [9.17, 15) is 19.8 Å². The molecular formula is C16H23NO5. The topological polar surface area (TPSA) is 95.9 Å². The lowest BCUT2D eigenvalue weighted by atomic mass is 9.94. The molecule has 22 heavy (non-hydrogen) atoms. The summed E-state index contributed by atoms with van der Waals surface area (Å²) in [5, 5.41) is 21.7. The van der Waals surface area contributed by atoms with Gasteiger partial charge in [-0.05, 0) is 32.8 Å². The molecule has 1 rings (SSSR count). The van der Waals surface area contributed by atoms with Crippen LogP contribution in [0.25, 0.3) is 0 Å². The number of hydrogen-bond acceptors (Lipinski definition) is 4. The van der Waals surface area contributed by atoms with E-state index in [0.717, 1.165) is 5.56 Å². The molecular weight excluding hydrogens is 286 g/mol. The molecule has 0 bridgehead atoms. The van der Waals surface area contributed by atoms with Gasteiger partial charge in [-0.15, -0.1) is 0 Å². The van der Waals surface area contributed by atoms with Gasteiger partial charge < -0.3 is 20.3 Å². The van der Waals surface area contributed by atoms with Crippen molar-refractivity contribution in [3.8, 4) is 0 Å². The van der Waals surface area contributed by atoms with Gasteiger partial charge >= 0.3 is 12.1 Å². The first kappa shape index (κ1) is 18.0. The molecule has 1 amide bonds. The first-order valence-electron chi connectivity index (χ1n) is 7.10. The molecule has 1 aromatic rings. The van der Waals surface area contributed by atoms with Crippen LogP contribution >= 0.6 is 0 Å². The van der Waals surface area contributed by atoms with Crippen LogP contribution < -0.4 is 5.32 Å². The Bertz CT molecular complexity index is 495. The Hall–Kier alpha value is -2.08. The number of carboxylic acid groups (broad SMARTS) is 1. The first-order chi connectivity index (χ1) is 10.2. The van der Waals surface area contributed by atoms with Crippen molar-refractivity contribution in [2.75, 3.05) is 6.54 Å². The zero-order chi connectivity index (χ0) is 16.8. The van der Waals surface area contributed by atoms with E-state index in [0.29, 0.717) is 0 Å². The van der Waals surface area contributed by atoms with Gasteiger partial charge in [0.2, 0.25) is 0 Å². The number of aliphatic carboxylic acids is 1. The zero-order valence-corrected chi connectivity index (χ0v) is 13.1. The molecule has 0 aliphatic heterocycles. The van der Waals surface area contributed by atoms with Gasteiger partial charge in [0.25, 0.3) is 0 Å². The molecule has 2 unspecified atom stereocenters. The Labute approximate surface area is 130 Å². The van der Waals surface area contributed by atoms with Gasteiger partial charge in [-0.25, -0.2) is 4.79 Å². The first-order valence-corrected chi connectivity index (χ1v) is 7.10. The van der Waals surface area contributed by atoms with Crippen molar-refractivity contribution in [1.29, 1.82) is 0 Å². The van der Waals surface area contributed by atoms with Gasteiger partial charge in [-0.2, -0.15) is 0 Å². The third-order valence-electron chi connectivity index (χ3n) is 2.93. The van der Waals surface area contributed by atoms with E-state index in [4.69, 9.17) is 4.74 Å². The molecule has 2 atom stereocenters. The third kappa shape index (κ3) is 6.58. The fourth-order valence-corrected chi connectivity index (χ4v) is 1.90. The number of rotatable bonds is 6. The van der Waals surface area contributed by atoms with Crippen molar-refractivity contribution >= 4 is 12.1 Å². The van der Waals surface area contributed by atoms with Crippen molar-refractivity contribution in [3.63, 3.8) is 0 Å². The van der Waals surface area contributed by atoms with E-state index in [1.54, 1.807) is 45.0 Å². The van der Waals surface area contributed by atoms with Crippen LogP contribution in [-0.2, 0) is 16.0 Å². The summed E-state index contributed by atoms with van der Waals surface area (Å²) in [6, 6.07) is 9.03. The summed E-state index contributed by atoms with van der Waals surface area (Å²) in [4.78, 5) is 22.8. The van der Waals surface area contributed by atoms with Crippen LogP contribution in [0, 0.1) is 5.92 Å². The van der Waals surface area contributed by atoms with Crippen LogP contribution in [-0.4, -0.2) is 40.5 Å². The Balaban J connectivity index is 2.57. The fraction of sp³-hybridized carbons (Fsp3) is 0.500. The summed E-state index contributed by atoms with van der Waals surface area (Å²) < 4.78 is 5.04. The van der Waals surface area contributed by atoms with Gasteiger partial charge in [0.15, 0.2) is 0 Å². The van der Waals surface area contributed by atoms with Crippen LogP contribution in [0.15, 0.2) is 30.3 Å². The quantitative estimate of drug-likeness (QED) is 0.745. The number of carbonyl (C=O) groups is 2. The number of aliphatic hydroxyl groups excluding tert-OH is 1. The average molecular weight is 309 g/mol. The van der Waals surface area contributed by atoms with Gasteiger partial charge in [0.05, 0.1) is 12.0 Å². The Morgan fingerprint density at radius 3 is 2.32 bits per heavy atom. The number of benzene rings is 1. The molecule has 3 N–H and O–H groups in total. The number of amides is 1. The molecule has 6 heteroatoms.